The second-order valence-corrected chi connectivity index (χ2v) is 5.27. The second kappa shape index (κ2) is 4.76. The number of amides is 1. The summed E-state index contributed by atoms with van der Waals surface area (Å²) in [6.45, 7) is 6.19. The van der Waals surface area contributed by atoms with Gasteiger partial charge >= 0.3 is 0 Å². The number of furan rings is 1. The molecule has 1 atom stereocenters. The van der Waals surface area contributed by atoms with E-state index < -0.39 is 0 Å². The number of rotatable bonds is 4. The zero-order valence-electron chi connectivity index (χ0n) is 11.6. The van der Waals surface area contributed by atoms with Crippen LogP contribution in [-0.2, 0) is 0 Å². The van der Waals surface area contributed by atoms with Crippen molar-refractivity contribution in [1.82, 2.24) is 4.90 Å². The highest BCUT2D eigenvalue weighted by atomic mass is 16.3. The predicted octanol–water partition coefficient (Wildman–Crippen LogP) is 2.01. The van der Waals surface area contributed by atoms with Gasteiger partial charge in [0.2, 0.25) is 0 Å². The van der Waals surface area contributed by atoms with Gasteiger partial charge in [0.25, 0.3) is 5.91 Å². The molecule has 0 spiro atoms. The Bertz CT molecular complexity index is 461. The van der Waals surface area contributed by atoms with Gasteiger partial charge in [0.05, 0.1) is 5.56 Å². The average Bonchev–Trinajstić information content (AvgIpc) is 3.10. The Labute approximate surface area is 108 Å². The van der Waals surface area contributed by atoms with E-state index in [-0.39, 0.29) is 11.9 Å². The van der Waals surface area contributed by atoms with Gasteiger partial charge in [-0.3, -0.25) is 4.79 Å². The highest BCUT2D eigenvalue weighted by Gasteiger charge is 2.36. The molecule has 1 saturated carbocycles. The van der Waals surface area contributed by atoms with Gasteiger partial charge < -0.3 is 15.1 Å². The van der Waals surface area contributed by atoms with Gasteiger partial charge in [-0.25, -0.2) is 0 Å². The number of hydrogen-bond acceptors (Lipinski definition) is 3. The number of hydrogen-bond donors (Lipinski definition) is 1. The van der Waals surface area contributed by atoms with E-state index in [0.29, 0.717) is 23.8 Å². The minimum Gasteiger partial charge on any atom is -0.466 e. The van der Waals surface area contributed by atoms with Crippen LogP contribution < -0.4 is 5.73 Å². The lowest BCUT2D eigenvalue weighted by Gasteiger charge is -2.27. The molecule has 0 saturated heterocycles. The quantitative estimate of drug-likeness (QED) is 0.889. The molecule has 0 aliphatic heterocycles. The van der Waals surface area contributed by atoms with Gasteiger partial charge in [0.15, 0.2) is 0 Å². The van der Waals surface area contributed by atoms with E-state index in [1.807, 2.05) is 27.8 Å². The zero-order valence-corrected chi connectivity index (χ0v) is 11.6. The summed E-state index contributed by atoms with van der Waals surface area (Å²) in [5.74, 6) is 2.13. The number of nitrogens with two attached hydrogens (primary N) is 1. The Balaban J connectivity index is 2.24. The molecule has 2 N–H and O–H groups in total. The molecule has 1 aromatic heterocycles. The van der Waals surface area contributed by atoms with Crippen molar-refractivity contribution in [2.75, 3.05) is 13.6 Å². The highest BCUT2D eigenvalue weighted by Crippen LogP contribution is 2.35. The van der Waals surface area contributed by atoms with Gasteiger partial charge in [0.1, 0.15) is 11.5 Å². The largest absolute Gasteiger partial charge is 0.466 e. The Kier molecular flexibility index (Phi) is 3.48. The molecule has 1 aromatic rings. The van der Waals surface area contributed by atoms with Gasteiger partial charge in [-0.05, 0) is 39.5 Å². The van der Waals surface area contributed by atoms with Crippen LogP contribution in [0.5, 0.6) is 0 Å². The zero-order chi connectivity index (χ0) is 13.4. The Morgan fingerprint density at radius 3 is 2.39 bits per heavy atom. The van der Waals surface area contributed by atoms with Crippen LogP contribution in [0.25, 0.3) is 0 Å². The maximum Gasteiger partial charge on any atom is 0.257 e. The SMILES string of the molecule is Cc1oc(C)c(C(=O)N(C)C(CN)C2CC2)c1C. The summed E-state index contributed by atoms with van der Waals surface area (Å²) in [6.07, 6.45) is 2.36. The number of carbonyl (C=O) groups is 1. The summed E-state index contributed by atoms with van der Waals surface area (Å²) in [6, 6.07) is 0.159. The van der Waals surface area contributed by atoms with Crippen LogP contribution in [0.3, 0.4) is 0 Å². The lowest BCUT2D eigenvalue weighted by molar-refractivity contribution is 0.0716. The van der Waals surface area contributed by atoms with Crippen LogP contribution in [0, 0.1) is 26.7 Å². The third-order valence-corrected chi connectivity index (χ3v) is 4.00. The van der Waals surface area contributed by atoms with Gasteiger partial charge in [0, 0.05) is 25.2 Å². The molecule has 1 fully saturated rings. The second-order valence-electron chi connectivity index (χ2n) is 5.27. The summed E-state index contributed by atoms with van der Waals surface area (Å²) < 4.78 is 5.53. The molecule has 1 aliphatic rings. The van der Waals surface area contributed by atoms with Crippen molar-refractivity contribution in [3.05, 3.63) is 22.6 Å². The van der Waals surface area contributed by atoms with Crippen molar-refractivity contribution in [3.8, 4) is 0 Å². The Morgan fingerprint density at radius 2 is 2.00 bits per heavy atom. The first kappa shape index (κ1) is 13.1. The number of likely N-dealkylation sites (N-methyl/N-ethyl adjacent to an activating group) is 1. The first-order valence-electron chi connectivity index (χ1n) is 6.51. The topological polar surface area (TPSA) is 59.5 Å². The van der Waals surface area contributed by atoms with Crippen LogP contribution in [-0.4, -0.2) is 30.4 Å². The van der Waals surface area contributed by atoms with E-state index in [1.165, 1.54) is 12.8 Å². The Hall–Kier alpha value is -1.29. The minimum atomic E-state index is 0.0317. The normalized spacial score (nSPS) is 16.7. The summed E-state index contributed by atoms with van der Waals surface area (Å²) in [7, 11) is 1.85. The van der Waals surface area contributed by atoms with Crippen molar-refractivity contribution >= 4 is 5.91 Å². The summed E-state index contributed by atoms with van der Waals surface area (Å²) in [5, 5.41) is 0. The van der Waals surface area contributed by atoms with Gasteiger partial charge in [-0.2, -0.15) is 0 Å². The molecule has 2 rings (SSSR count). The summed E-state index contributed by atoms with van der Waals surface area (Å²) in [4.78, 5) is 14.3. The smallest absolute Gasteiger partial charge is 0.257 e. The van der Waals surface area contributed by atoms with Crippen LogP contribution in [0.2, 0.25) is 0 Å². The molecule has 1 amide bonds. The molecule has 100 valence electrons. The van der Waals surface area contributed by atoms with Crippen molar-refractivity contribution in [3.63, 3.8) is 0 Å². The van der Waals surface area contributed by atoms with Gasteiger partial charge in [-0.15, -0.1) is 0 Å². The van der Waals surface area contributed by atoms with Crippen molar-refractivity contribution in [2.45, 2.75) is 39.7 Å². The third-order valence-electron chi connectivity index (χ3n) is 4.00. The fourth-order valence-electron chi connectivity index (χ4n) is 2.58. The first-order chi connectivity index (χ1) is 8.47. The van der Waals surface area contributed by atoms with Crippen LogP contribution in [0.15, 0.2) is 4.42 Å². The molecule has 0 bridgehead atoms. The van der Waals surface area contributed by atoms with Gasteiger partial charge in [-0.1, -0.05) is 0 Å². The van der Waals surface area contributed by atoms with Crippen LogP contribution >= 0.6 is 0 Å². The lowest BCUT2D eigenvalue weighted by atomic mass is 10.1. The van der Waals surface area contributed by atoms with Crippen LogP contribution in [0.1, 0.15) is 40.3 Å². The van der Waals surface area contributed by atoms with E-state index in [0.717, 1.165) is 11.3 Å². The fourth-order valence-corrected chi connectivity index (χ4v) is 2.58. The number of nitrogens with zero attached hydrogens (tertiary/aromatic N) is 1. The van der Waals surface area contributed by atoms with Crippen molar-refractivity contribution < 1.29 is 9.21 Å². The Morgan fingerprint density at radius 1 is 1.39 bits per heavy atom. The molecular weight excluding hydrogens is 228 g/mol. The molecule has 1 heterocycles. The van der Waals surface area contributed by atoms with E-state index in [2.05, 4.69) is 0 Å². The standard InChI is InChI=1S/C14H22N2O2/c1-8-9(2)18-10(3)13(8)14(17)16(4)12(7-15)11-5-6-11/h11-12H,5-7,15H2,1-4H3. The fraction of sp³-hybridized carbons (Fsp3) is 0.643. The predicted molar refractivity (Wildman–Crippen MR) is 70.6 cm³/mol. The number of carbonyl (C=O) groups excluding carboxylic acids is 1. The monoisotopic (exact) mass is 250 g/mol. The maximum atomic E-state index is 12.5. The molecule has 18 heavy (non-hydrogen) atoms. The lowest BCUT2D eigenvalue weighted by Crippen LogP contribution is -2.43. The van der Waals surface area contributed by atoms with E-state index in [4.69, 9.17) is 10.2 Å². The molecular formula is C14H22N2O2. The molecule has 1 aliphatic carbocycles. The van der Waals surface area contributed by atoms with E-state index in [1.54, 1.807) is 4.90 Å². The average molecular weight is 250 g/mol. The number of aryl methyl sites for hydroxylation is 2. The van der Waals surface area contributed by atoms with Crippen LogP contribution in [0.4, 0.5) is 0 Å². The molecule has 1 unspecified atom stereocenters. The van der Waals surface area contributed by atoms with Crippen molar-refractivity contribution in [1.29, 1.82) is 0 Å². The van der Waals surface area contributed by atoms with E-state index in [9.17, 15) is 4.79 Å². The maximum absolute atomic E-state index is 12.5. The summed E-state index contributed by atoms with van der Waals surface area (Å²) in [5.41, 5.74) is 7.44. The van der Waals surface area contributed by atoms with Crippen molar-refractivity contribution in [2.24, 2.45) is 11.7 Å². The summed E-state index contributed by atoms with van der Waals surface area (Å²) >= 11 is 0. The van der Waals surface area contributed by atoms with E-state index >= 15 is 0 Å². The molecule has 0 radical (unpaired) electrons. The molecule has 4 nitrogen and oxygen atoms in total. The highest BCUT2D eigenvalue weighted by molar-refractivity contribution is 5.97. The third kappa shape index (κ3) is 2.17. The molecule has 0 aromatic carbocycles. The molecule has 4 heteroatoms. The first-order valence-corrected chi connectivity index (χ1v) is 6.51. The minimum absolute atomic E-state index is 0.0317.